The Labute approximate surface area is 177 Å². The van der Waals surface area contributed by atoms with Gasteiger partial charge in [0.15, 0.2) is 0 Å². The second-order valence-electron chi connectivity index (χ2n) is 8.00. The summed E-state index contributed by atoms with van der Waals surface area (Å²) < 4.78 is 27.7. The van der Waals surface area contributed by atoms with Crippen LogP contribution >= 0.6 is 0 Å². The van der Waals surface area contributed by atoms with E-state index in [9.17, 15) is 13.2 Å². The van der Waals surface area contributed by atoms with Gasteiger partial charge in [-0.25, -0.2) is 8.42 Å². The van der Waals surface area contributed by atoms with Crippen molar-refractivity contribution in [3.8, 4) is 0 Å². The fourth-order valence-corrected chi connectivity index (χ4v) is 5.52. The van der Waals surface area contributed by atoms with Gasteiger partial charge in [0.2, 0.25) is 15.7 Å². The number of rotatable bonds is 5. The monoisotopic (exact) mass is 422 g/mol. The second kappa shape index (κ2) is 7.85. The maximum Gasteiger partial charge on any atom is 0.227 e. The van der Waals surface area contributed by atoms with Gasteiger partial charge in [-0.2, -0.15) is 0 Å². The Balaban J connectivity index is 1.78. The van der Waals surface area contributed by atoms with Crippen molar-refractivity contribution in [2.45, 2.75) is 37.1 Å². The zero-order valence-corrected chi connectivity index (χ0v) is 18.2. The zero-order valence-electron chi connectivity index (χ0n) is 17.3. The van der Waals surface area contributed by atoms with Gasteiger partial charge in [0.05, 0.1) is 15.3 Å². The third-order valence-corrected chi connectivity index (χ3v) is 7.83. The molecule has 0 radical (unpaired) electrons. The summed E-state index contributed by atoms with van der Waals surface area (Å²) in [6, 6.07) is 14.2. The van der Waals surface area contributed by atoms with Crippen LogP contribution in [0.1, 0.15) is 35.7 Å². The molecule has 6 heteroatoms. The van der Waals surface area contributed by atoms with E-state index < -0.39 is 9.84 Å². The van der Waals surface area contributed by atoms with Crippen LogP contribution in [0.4, 0.5) is 0 Å². The zero-order chi connectivity index (χ0) is 21.5. The van der Waals surface area contributed by atoms with Gasteiger partial charge < -0.3 is 4.90 Å². The number of fused-ring (bicyclic) bond motifs is 1. The van der Waals surface area contributed by atoms with E-state index in [2.05, 4.69) is 18.5 Å². The first kappa shape index (κ1) is 20.6. The standard InChI is InChI=1S/C24H26N2O3S/c1-17(30(28,29)22-9-5-4-6-10-22)19-11-12-24-23(15-19)20(16-26(24)18(2)27)14-21-8-7-13-25(21)3/h4-6,9-12,15-16,21H,1,7-8,13-14H2,2-3H3/t21-/m1/s1. The maximum atomic E-state index is 13.0. The molecule has 0 bridgehead atoms. The normalized spacial score (nSPS) is 17.5. The van der Waals surface area contributed by atoms with E-state index in [1.165, 1.54) is 13.3 Å². The van der Waals surface area contributed by atoms with Crippen LogP contribution in [-0.2, 0) is 16.3 Å². The van der Waals surface area contributed by atoms with E-state index in [1.807, 2.05) is 18.3 Å². The van der Waals surface area contributed by atoms with Gasteiger partial charge in [-0.3, -0.25) is 9.36 Å². The third-order valence-electron chi connectivity index (χ3n) is 6.05. The molecule has 2 heterocycles. The number of benzene rings is 2. The van der Waals surface area contributed by atoms with Gasteiger partial charge >= 0.3 is 0 Å². The van der Waals surface area contributed by atoms with Crippen LogP contribution in [0.5, 0.6) is 0 Å². The SMILES string of the molecule is C=C(c1ccc2c(c1)c(C[C@H]1CCCN1C)cn2C(C)=O)S(=O)(=O)c1ccccc1. The molecular weight excluding hydrogens is 396 g/mol. The van der Waals surface area contributed by atoms with Crippen LogP contribution in [-0.4, -0.2) is 43.4 Å². The molecule has 2 aromatic carbocycles. The van der Waals surface area contributed by atoms with Gasteiger partial charge in [-0.05, 0) is 68.2 Å². The van der Waals surface area contributed by atoms with Crippen molar-refractivity contribution in [1.82, 2.24) is 9.47 Å². The molecule has 0 aliphatic carbocycles. The van der Waals surface area contributed by atoms with E-state index in [1.54, 1.807) is 41.0 Å². The van der Waals surface area contributed by atoms with Crippen LogP contribution < -0.4 is 0 Å². The fourth-order valence-electron chi connectivity index (χ4n) is 4.28. The molecule has 1 atom stereocenters. The lowest BCUT2D eigenvalue weighted by Crippen LogP contribution is -2.26. The summed E-state index contributed by atoms with van der Waals surface area (Å²) in [6.07, 6.45) is 5.02. The van der Waals surface area contributed by atoms with E-state index in [4.69, 9.17) is 0 Å². The smallest absolute Gasteiger partial charge is 0.227 e. The molecule has 0 amide bonds. The van der Waals surface area contributed by atoms with Crippen molar-refractivity contribution in [2.24, 2.45) is 0 Å². The quantitative estimate of drug-likeness (QED) is 0.612. The third kappa shape index (κ3) is 3.61. The number of hydrogen-bond donors (Lipinski definition) is 0. The maximum absolute atomic E-state index is 13.0. The van der Waals surface area contributed by atoms with E-state index in [0.29, 0.717) is 11.6 Å². The minimum absolute atomic E-state index is 0.0606. The molecule has 1 fully saturated rings. The summed E-state index contributed by atoms with van der Waals surface area (Å²) in [6.45, 7) is 6.51. The molecule has 4 rings (SSSR count). The predicted octanol–water partition coefficient (Wildman–Crippen LogP) is 4.38. The predicted molar refractivity (Wildman–Crippen MR) is 120 cm³/mol. The summed E-state index contributed by atoms with van der Waals surface area (Å²) in [5, 5.41) is 0.910. The van der Waals surface area contributed by atoms with Crippen molar-refractivity contribution in [1.29, 1.82) is 0 Å². The van der Waals surface area contributed by atoms with Crippen LogP contribution in [0.3, 0.4) is 0 Å². The highest BCUT2D eigenvalue weighted by Gasteiger charge is 2.25. The Bertz CT molecular complexity index is 1230. The molecule has 0 unspecified atom stereocenters. The Morgan fingerprint density at radius 3 is 2.53 bits per heavy atom. The number of likely N-dealkylation sites (tertiary alicyclic amines) is 1. The van der Waals surface area contributed by atoms with E-state index in [-0.39, 0.29) is 15.7 Å². The first-order chi connectivity index (χ1) is 14.3. The first-order valence-electron chi connectivity index (χ1n) is 10.1. The number of hydrogen-bond acceptors (Lipinski definition) is 4. The summed E-state index contributed by atoms with van der Waals surface area (Å²) in [7, 11) is -1.56. The van der Waals surface area contributed by atoms with E-state index in [0.717, 1.165) is 35.9 Å². The van der Waals surface area contributed by atoms with Gasteiger partial charge in [-0.15, -0.1) is 0 Å². The number of likely N-dealkylation sites (N-methyl/N-ethyl adjacent to an activating group) is 1. The minimum Gasteiger partial charge on any atom is -0.303 e. The van der Waals surface area contributed by atoms with Crippen molar-refractivity contribution in [3.63, 3.8) is 0 Å². The van der Waals surface area contributed by atoms with Crippen molar-refractivity contribution < 1.29 is 13.2 Å². The summed E-state index contributed by atoms with van der Waals surface area (Å²) in [4.78, 5) is 14.8. The second-order valence-corrected chi connectivity index (χ2v) is 9.97. The summed E-state index contributed by atoms with van der Waals surface area (Å²) in [5.74, 6) is -0.0606. The lowest BCUT2D eigenvalue weighted by molar-refractivity contribution is 0.0941. The Morgan fingerprint density at radius 2 is 1.90 bits per heavy atom. The average Bonchev–Trinajstić information content (AvgIpc) is 3.31. The van der Waals surface area contributed by atoms with Crippen molar-refractivity contribution in [3.05, 3.63) is 72.4 Å². The number of aromatic nitrogens is 1. The topological polar surface area (TPSA) is 59.4 Å². The average molecular weight is 423 g/mol. The van der Waals surface area contributed by atoms with Gasteiger partial charge in [0.1, 0.15) is 0 Å². The molecule has 1 aliphatic rings. The molecule has 1 saturated heterocycles. The van der Waals surface area contributed by atoms with Crippen molar-refractivity contribution >= 4 is 31.6 Å². The van der Waals surface area contributed by atoms with Crippen LogP contribution in [0.25, 0.3) is 15.8 Å². The van der Waals surface area contributed by atoms with Crippen LogP contribution in [0, 0.1) is 0 Å². The first-order valence-corrected chi connectivity index (χ1v) is 11.6. The highest BCUT2D eigenvalue weighted by Crippen LogP contribution is 2.32. The molecule has 0 spiro atoms. The van der Waals surface area contributed by atoms with Gasteiger partial charge in [0.25, 0.3) is 0 Å². The molecule has 30 heavy (non-hydrogen) atoms. The lowest BCUT2D eigenvalue weighted by Gasteiger charge is -2.18. The Hall–Kier alpha value is -2.70. The molecule has 1 aromatic heterocycles. The Kier molecular flexibility index (Phi) is 5.38. The molecule has 1 aliphatic heterocycles. The summed E-state index contributed by atoms with van der Waals surface area (Å²) >= 11 is 0. The fraction of sp³-hybridized carbons (Fsp3) is 0.292. The molecule has 0 saturated carbocycles. The van der Waals surface area contributed by atoms with Crippen LogP contribution in [0.2, 0.25) is 0 Å². The minimum atomic E-state index is -3.69. The molecule has 0 N–H and O–H groups in total. The molecule has 5 nitrogen and oxygen atoms in total. The van der Waals surface area contributed by atoms with Gasteiger partial charge in [-0.1, -0.05) is 30.8 Å². The number of sulfone groups is 1. The van der Waals surface area contributed by atoms with Gasteiger partial charge in [0, 0.05) is 24.5 Å². The van der Waals surface area contributed by atoms with E-state index >= 15 is 0 Å². The summed E-state index contributed by atoms with van der Waals surface area (Å²) in [5.41, 5.74) is 2.41. The van der Waals surface area contributed by atoms with Crippen LogP contribution in [0.15, 0.2) is 66.2 Å². The molecule has 3 aromatic rings. The number of nitrogens with zero attached hydrogens (tertiary/aromatic N) is 2. The largest absolute Gasteiger partial charge is 0.303 e. The molecular formula is C24H26N2O3S. The molecule has 156 valence electrons. The highest BCUT2D eigenvalue weighted by molar-refractivity contribution is 8.00. The van der Waals surface area contributed by atoms with Crippen molar-refractivity contribution in [2.75, 3.05) is 13.6 Å². The number of carbonyl (C=O) groups excluding carboxylic acids is 1. The highest BCUT2D eigenvalue weighted by atomic mass is 32.2. The number of carbonyl (C=O) groups is 1. The lowest BCUT2D eigenvalue weighted by atomic mass is 10.0. The Morgan fingerprint density at radius 1 is 1.17 bits per heavy atom.